The van der Waals surface area contributed by atoms with E-state index in [9.17, 15) is 10.1 Å². The predicted octanol–water partition coefficient (Wildman–Crippen LogP) is 4.41. The molecule has 0 atom stereocenters. The maximum atomic E-state index is 10.7. The van der Waals surface area contributed by atoms with Crippen molar-refractivity contribution in [2.24, 2.45) is 0 Å². The van der Waals surface area contributed by atoms with E-state index in [1.165, 1.54) is 12.1 Å². The quantitative estimate of drug-likeness (QED) is 0.652. The van der Waals surface area contributed by atoms with Crippen molar-refractivity contribution in [1.82, 2.24) is 5.32 Å². The molecule has 0 saturated carbocycles. The normalized spacial score (nSPS) is 10.4. The monoisotopic (exact) mass is 326 g/mol. The highest BCUT2D eigenvalue weighted by molar-refractivity contribution is 6.37. The standard InChI is InChI=1S/C14H12Cl2N2O3/c1-17-8-9-3-2-4-11(5-9)21-14-12(15)6-10(18(19)20)7-13(14)16/h2-7,17H,8H2,1H3. The number of nitrogens with one attached hydrogen (secondary N) is 1. The number of rotatable bonds is 5. The largest absolute Gasteiger partial charge is 0.454 e. The number of ether oxygens (including phenoxy) is 1. The van der Waals surface area contributed by atoms with Crippen LogP contribution >= 0.6 is 23.2 Å². The summed E-state index contributed by atoms with van der Waals surface area (Å²) >= 11 is 12.0. The number of hydrogen-bond acceptors (Lipinski definition) is 4. The van der Waals surface area contributed by atoms with Gasteiger partial charge in [0.25, 0.3) is 5.69 Å². The Balaban J connectivity index is 2.31. The van der Waals surface area contributed by atoms with Gasteiger partial charge in [-0.05, 0) is 24.7 Å². The van der Waals surface area contributed by atoms with Crippen molar-refractivity contribution in [3.05, 3.63) is 62.1 Å². The summed E-state index contributed by atoms with van der Waals surface area (Å²) in [5.41, 5.74) is 0.852. The molecule has 0 heterocycles. The zero-order valence-corrected chi connectivity index (χ0v) is 12.6. The van der Waals surface area contributed by atoms with Crippen LogP contribution in [0.1, 0.15) is 5.56 Å². The molecule has 0 fully saturated rings. The molecule has 0 unspecified atom stereocenters. The van der Waals surface area contributed by atoms with E-state index >= 15 is 0 Å². The molecular weight excluding hydrogens is 315 g/mol. The number of nitrogens with zero attached hydrogens (tertiary/aromatic N) is 1. The first-order chi connectivity index (χ1) is 10.0. The predicted molar refractivity (Wildman–Crippen MR) is 82.4 cm³/mol. The Morgan fingerprint density at radius 3 is 2.48 bits per heavy atom. The molecule has 1 N–H and O–H groups in total. The molecule has 0 amide bonds. The maximum Gasteiger partial charge on any atom is 0.272 e. The molecule has 21 heavy (non-hydrogen) atoms. The molecule has 5 nitrogen and oxygen atoms in total. The van der Waals surface area contributed by atoms with Gasteiger partial charge in [-0.1, -0.05) is 35.3 Å². The van der Waals surface area contributed by atoms with Crippen molar-refractivity contribution in [3.63, 3.8) is 0 Å². The van der Waals surface area contributed by atoms with Crippen molar-refractivity contribution >= 4 is 28.9 Å². The third-order valence-corrected chi connectivity index (χ3v) is 3.25. The van der Waals surface area contributed by atoms with Gasteiger partial charge in [0, 0.05) is 18.7 Å². The first-order valence-corrected chi connectivity index (χ1v) is 6.81. The van der Waals surface area contributed by atoms with E-state index in [1.807, 2.05) is 25.2 Å². The molecule has 110 valence electrons. The third kappa shape index (κ3) is 3.85. The van der Waals surface area contributed by atoms with Gasteiger partial charge in [0.05, 0.1) is 15.0 Å². The lowest BCUT2D eigenvalue weighted by molar-refractivity contribution is -0.384. The highest BCUT2D eigenvalue weighted by Gasteiger charge is 2.16. The molecule has 0 saturated heterocycles. The molecule has 0 radical (unpaired) electrons. The van der Waals surface area contributed by atoms with E-state index in [1.54, 1.807) is 6.07 Å². The van der Waals surface area contributed by atoms with Crippen molar-refractivity contribution in [1.29, 1.82) is 0 Å². The van der Waals surface area contributed by atoms with E-state index in [-0.39, 0.29) is 21.5 Å². The van der Waals surface area contributed by atoms with Crippen LogP contribution in [0.15, 0.2) is 36.4 Å². The Bertz CT molecular complexity index is 654. The number of hydrogen-bond donors (Lipinski definition) is 1. The molecule has 7 heteroatoms. The molecule has 0 bridgehead atoms. The van der Waals surface area contributed by atoms with Crippen molar-refractivity contribution in [3.8, 4) is 11.5 Å². The number of nitro groups is 1. The van der Waals surface area contributed by atoms with Gasteiger partial charge in [-0.2, -0.15) is 0 Å². The number of nitro benzene ring substituents is 1. The summed E-state index contributed by atoms with van der Waals surface area (Å²) in [5.74, 6) is 0.756. The van der Waals surface area contributed by atoms with Gasteiger partial charge in [0.1, 0.15) is 5.75 Å². The van der Waals surface area contributed by atoms with Crippen molar-refractivity contribution < 1.29 is 9.66 Å². The summed E-state index contributed by atoms with van der Waals surface area (Å²) < 4.78 is 5.65. The van der Waals surface area contributed by atoms with Crippen LogP contribution in [-0.2, 0) is 6.54 Å². The Kier molecular flexibility index (Phi) is 5.01. The van der Waals surface area contributed by atoms with Crippen molar-refractivity contribution in [2.45, 2.75) is 6.54 Å². The summed E-state index contributed by atoms with van der Waals surface area (Å²) in [6, 6.07) is 9.80. The van der Waals surface area contributed by atoms with Crippen LogP contribution in [0.25, 0.3) is 0 Å². The van der Waals surface area contributed by atoms with Crippen LogP contribution in [-0.4, -0.2) is 12.0 Å². The molecule has 0 aromatic heterocycles. The first kappa shape index (κ1) is 15.6. The van der Waals surface area contributed by atoms with E-state index in [2.05, 4.69) is 5.32 Å². The molecule has 0 spiro atoms. The Hall–Kier alpha value is -1.82. The summed E-state index contributed by atoms with van der Waals surface area (Å²) in [5, 5.41) is 13.9. The second-order valence-electron chi connectivity index (χ2n) is 4.28. The molecule has 2 aromatic rings. The van der Waals surface area contributed by atoms with Gasteiger partial charge in [-0.15, -0.1) is 0 Å². The van der Waals surface area contributed by atoms with E-state index < -0.39 is 4.92 Å². The Morgan fingerprint density at radius 1 is 1.24 bits per heavy atom. The Labute approximate surface area is 131 Å². The van der Waals surface area contributed by atoms with E-state index in [0.717, 1.165) is 5.56 Å². The second-order valence-corrected chi connectivity index (χ2v) is 5.09. The fraction of sp³-hybridized carbons (Fsp3) is 0.143. The van der Waals surface area contributed by atoms with Crippen LogP contribution in [0, 0.1) is 10.1 Å². The lowest BCUT2D eigenvalue weighted by atomic mass is 10.2. The SMILES string of the molecule is CNCc1cccc(Oc2c(Cl)cc([N+](=O)[O-])cc2Cl)c1. The minimum Gasteiger partial charge on any atom is -0.454 e. The minimum absolute atomic E-state index is 0.0909. The number of benzene rings is 2. The molecular formula is C14H12Cl2N2O3. The smallest absolute Gasteiger partial charge is 0.272 e. The molecule has 0 aliphatic carbocycles. The number of non-ortho nitro benzene ring substituents is 1. The second kappa shape index (κ2) is 6.76. The minimum atomic E-state index is -0.560. The van der Waals surface area contributed by atoms with E-state index in [4.69, 9.17) is 27.9 Å². The van der Waals surface area contributed by atoms with E-state index in [0.29, 0.717) is 12.3 Å². The van der Waals surface area contributed by atoms with Crippen LogP contribution in [0.4, 0.5) is 5.69 Å². The zero-order valence-electron chi connectivity index (χ0n) is 11.1. The summed E-state index contributed by atoms with van der Waals surface area (Å²) in [4.78, 5) is 10.2. The average Bonchev–Trinajstić information content (AvgIpc) is 2.43. The maximum absolute atomic E-state index is 10.7. The van der Waals surface area contributed by atoms with Crippen molar-refractivity contribution in [2.75, 3.05) is 7.05 Å². The highest BCUT2D eigenvalue weighted by Crippen LogP contribution is 2.39. The van der Waals surface area contributed by atoms with Crippen LogP contribution in [0.3, 0.4) is 0 Å². The van der Waals surface area contributed by atoms with Gasteiger partial charge in [0.15, 0.2) is 5.75 Å². The van der Waals surface area contributed by atoms with Gasteiger partial charge in [-0.25, -0.2) is 0 Å². The topological polar surface area (TPSA) is 64.4 Å². The fourth-order valence-electron chi connectivity index (χ4n) is 1.79. The zero-order chi connectivity index (χ0) is 15.4. The number of halogens is 2. The molecule has 2 aromatic carbocycles. The third-order valence-electron chi connectivity index (χ3n) is 2.69. The van der Waals surface area contributed by atoms with Gasteiger partial charge >= 0.3 is 0 Å². The average molecular weight is 327 g/mol. The van der Waals surface area contributed by atoms with Crippen LogP contribution in [0.5, 0.6) is 11.5 Å². The van der Waals surface area contributed by atoms with Gasteiger partial charge < -0.3 is 10.1 Å². The summed E-state index contributed by atoms with van der Waals surface area (Å²) in [6.07, 6.45) is 0. The lowest BCUT2D eigenvalue weighted by Crippen LogP contribution is -2.04. The van der Waals surface area contributed by atoms with Crippen LogP contribution in [0.2, 0.25) is 10.0 Å². The molecule has 0 aliphatic rings. The molecule has 0 aliphatic heterocycles. The van der Waals surface area contributed by atoms with Crippen LogP contribution < -0.4 is 10.1 Å². The van der Waals surface area contributed by atoms with Gasteiger partial charge in [-0.3, -0.25) is 10.1 Å². The fourth-order valence-corrected chi connectivity index (χ4v) is 2.34. The molecule has 2 rings (SSSR count). The lowest BCUT2D eigenvalue weighted by Gasteiger charge is -2.10. The summed E-state index contributed by atoms with van der Waals surface area (Å²) in [6.45, 7) is 0.693. The highest BCUT2D eigenvalue weighted by atomic mass is 35.5. The first-order valence-electron chi connectivity index (χ1n) is 6.06. The summed E-state index contributed by atoms with van der Waals surface area (Å²) in [7, 11) is 1.84. The van der Waals surface area contributed by atoms with Gasteiger partial charge in [0.2, 0.25) is 0 Å². The Morgan fingerprint density at radius 2 is 1.90 bits per heavy atom.